The SMILES string of the molecule is COCC1(CN(C(=O)C(F)(F)F)C2CC2c2ccccc2)CCN(C(=O)Oc2ccccc2)CC1. The van der Waals surface area contributed by atoms with E-state index >= 15 is 0 Å². The number of rotatable bonds is 7. The average molecular weight is 491 g/mol. The van der Waals surface area contributed by atoms with Crippen molar-refractivity contribution in [3.63, 3.8) is 0 Å². The minimum atomic E-state index is -4.96. The molecule has 6 nitrogen and oxygen atoms in total. The van der Waals surface area contributed by atoms with E-state index in [0.29, 0.717) is 38.1 Å². The van der Waals surface area contributed by atoms with Gasteiger partial charge in [-0.15, -0.1) is 0 Å². The summed E-state index contributed by atoms with van der Waals surface area (Å²) in [6, 6.07) is 17.5. The van der Waals surface area contributed by atoms with E-state index in [4.69, 9.17) is 9.47 Å². The van der Waals surface area contributed by atoms with Crippen molar-refractivity contribution in [1.29, 1.82) is 0 Å². The van der Waals surface area contributed by atoms with Crippen molar-refractivity contribution in [2.45, 2.75) is 37.4 Å². The summed E-state index contributed by atoms with van der Waals surface area (Å²) in [5, 5.41) is 0. The number of hydrogen-bond donors (Lipinski definition) is 0. The smallest absolute Gasteiger partial charge is 0.410 e. The summed E-state index contributed by atoms with van der Waals surface area (Å²) in [6.45, 7) is 0.722. The molecule has 0 radical (unpaired) electrons. The van der Waals surface area contributed by atoms with Crippen molar-refractivity contribution in [3.05, 3.63) is 66.2 Å². The molecular formula is C26H29F3N2O4. The fraction of sp³-hybridized carbons (Fsp3) is 0.462. The number of amides is 2. The lowest BCUT2D eigenvalue weighted by Gasteiger charge is -2.44. The molecule has 2 aromatic rings. The van der Waals surface area contributed by atoms with Gasteiger partial charge in [-0.2, -0.15) is 13.2 Å². The van der Waals surface area contributed by atoms with E-state index in [1.807, 2.05) is 36.4 Å². The predicted molar refractivity (Wildman–Crippen MR) is 123 cm³/mol. The highest BCUT2D eigenvalue weighted by atomic mass is 19.4. The van der Waals surface area contributed by atoms with Crippen LogP contribution in [-0.4, -0.2) is 67.4 Å². The van der Waals surface area contributed by atoms with Gasteiger partial charge in [-0.05, 0) is 37.0 Å². The van der Waals surface area contributed by atoms with Crippen LogP contribution in [0, 0.1) is 5.41 Å². The Hall–Kier alpha value is -3.07. The molecule has 2 amide bonds. The molecule has 2 aromatic carbocycles. The Bertz CT molecular complexity index is 1010. The van der Waals surface area contributed by atoms with Gasteiger partial charge in [0.05, 0.1) is 6.61 Å². The van der Waals surface area contributed by atoms with E-state index in [-0.39, 0.29) is 19.1 Å². The Labute approximate surface area is 202 Å². The monoisotopic (exact) mass is 490 g/mol. The predicted octanol–water partition coefficient (Wildman–Crippen LogP) is 4.86. The molecule has 1 saturated carbocycles. The Morgan fingerprint density at radius 2 is 1.63 bits per heavy atom. The van der Waals surface area contributed by atoms with E-state index in [2.05, 4.69) is 0 Å². The number of nitrogens with zero attached hydrogens (tertiary/aromatic N) is 2. The first kappa shape index (κ1) is 25.0. The fourth-order valence-electron chi connectivity index (χ4n) is 4.92. The quantitative estimate of drug-likeness (QED) is 0.556. The molecule has 2 atom stereocenters. The molecule has 0 bridgehead atoms. The van der Waals surface area contributed by atoms with Crippen LogP contribution in [0.4, 0.5) is 18.0 Å². The second kappa shape index (κ2) is 10.3. The molecule has 0 N–H and O–H groups in total. The number of piperidine rings is 1. The largest absolute Gasteiger partial charge is 0.471 e. The minimum Gasteiger partial charge on any atom is -0.410 e. The highest BCUT2D eigenvalue weighted by Gasteiger charge is 2.54. The fourth-order valence-corrected chi connectivity index (χ4v) is 4.92. The Morgan fingerprint density at radius 1 is 1.03 bits per heavy atom. The second-order valence-electron chi connectivity index (χ2n) is 9.35. The summed E-state index contributed by atoms with van der Waals surface area (Å²) in [6.07, 6.45) is -4.18. The third-order valence-corrected chi connectivity index (χ3v) is 6.88. The molecule has 2 fully saturated rings. The van der Waals surface area contributed by atoms with Gasteiger partial charge in [0.2, 0.25) is 0 Å². The number of methoxy groups -OCH3 is 1. The Kier molecular flexibility index (Phi) is 7.35. The third kappa shape index (κ3) is 5.96. The van der Waals surface area contributed by atoms with E-state index in [9.17, 15) is 22.8 Å². The topological polar surface area (TPSA) is 59.1 Å². The third-order valence-electron chi connectivity index (χ3n) is 6.88. The van der Waals surface area contributed by atoms with Gasteiger partial charge in [-0.3, -0.25) is 4.79 Å². The maximum Gasteiger partial charge on any atom is 0.471 e. The van der Waals surface area contributed by atoms with Gasteiger partial charge >= 0.3 is 18.2 Å². The summed E-state index contributed by atoms with van der Waals surface area (Å²) in [5.41, 5.74) is 0.236. The van der Waals surface area contributed by atoms with Gasteiger partial charge < -0.3 is 19.3 Å². The maximum absolute atomic E-state index is 13.6. The molecule has 0 aromatic heterocycles. The number of carbonyl (C=O) groups excluding carboxylic acids is 2. The molecule has 1 heterocycles. The van der Waals surface area contributed by atoms with Crippen LogP contribution in [-0.2, 0) is 9.53 Å². The molecule has 0 spiro atoms. The van der Waals surface area contributed by atoms with Crippen molar-refractivity contribution < 1.29 is 32.2 Å². The number of benzene rings is 2. The molecule has 1 saturated heterocycles. The highest BCUT2D eigenvalue weighted by Crippen LogP contribution is 2.47. The van der Waals surface area contributed by atoms with Gasteiger partial charge in [-0.1, -0.05) is 48.5 Å². The van der Waals surface area contributed by atoms with Crippen molar-refractivity contribution in [1.82, 2.24) is 9.80 Å². The lowest BCUT2D eigenvalue weighted by molar-refractivity contribution is -0.188. The number of carbonyl (C=O) groups is 2. The number of hydrogen-bond acceptors (Lipinski definition) is 4. The van der Waals surface area contributed by atoms with Crippen LogP contribution in [0.3, 0.4) is 0 Å². The van der Waals surface area contributed by atoms with E-state index < -0.39 is 29.6 Å². The van der Waals surface area contributed by atoms with Crippen LogP contribution in [0.5, 0.6) is 5.75 Å². The summed E-state index contributed by atoms with van der Waals surface area (Å²) in [7, 11) is 1.50. The lowest BCUT2D eigenvalue weighted by atomic mass is 9.78. The number of halogens is 3. The first-order chi connectivity index (χ1) is 16.7. The maximum atomic E-state index is 13.6. The molecule has 188 valence electrons. The average Bonchev–Trinajstić information content (AvgIpc) is 3.64. The highest BCUT2D eigenvalue weighted by molar-refractivity contribution is 5.82. The zero-order valence-corrected chi connectivity index (χ0v) is 19.5. The summed E-state index contributed by atoms with van der Waals surface area (Å²) < 4.78 is 51.5. The molecule has 1 aliphatic heterocycles. The van der Waals surface area contributed by atoms with Gasteiger partial charge in [-0.25, -0.2) is 4.79 Å². The molecule has 9 heteroatoms. The van der Waals surface area contributed by atoms with E-state index in [1.54, 1.807) is 29.2 Å². The van der Waals surface area contributed by atoms with Gasteiger partial charge in [0.25, 0.3) is 0 Å². The minimum absolute atomic E-state index is 0.0746. The second-order valence-corrected chi connectivity index (χ2v) is 9.35. The van der Waals surface area contributed by atoms with Crippen molar-refractivity contribution in [2.24, 2.45) is 5.41 Å². The zero-order valence-electron chi connectivity index (χ0n) is 19.5. The Balaban J connectivity index is 1.46. The van der Waals surface area contributed by atoms with Crippen molar-refractivity contribution in [2.75, 3.05) is 33.4 Å². The van der Waals surface area contributed by atoms with Crippen LogP contribution in [0.2, 0.25) is 0 Å². The van der Waals surface area contributed by atoms with Gasteiger partial charge in [0.15, 0.2) is 0 Å². The van der Waals surface area contributed by atoms with Crippen LogP contribution in [0.15, 0.2) is 60.7 Å². The van der Waals surface area contributed by atoms with Crippen molar-refractivity contribution >= 4 is 12.0 Å². The molecule has 4 rings (SSSR count). The molecule has 2 aliphatic rings. The number of para-hydroxylation sites is 1. The zero-order chi connectivity index (χ0) is 25.1. The number of likely N-dealkylation sites (tertiary alicyclic amines) is 1. The normalized spacial score (nSPS) is 21.3. The standard InChI is InChI=1S/C26H29F3N2O4/c1-34-18-25(12-14-30(15-13-25)24(33)35-20-10-6-3-7-11-20)17-31(23(32)26(27,28)29)22-16-21(22)19-8-4-2-5-9-19/h2-11,21-22H,12-18H2,1H3. The van der Waals surface area contributed by atoms with Crippen LogP contribution in [0.25, 0.3) is 0 Å². The van der Waals surface area contributed by atoms with E-state index in [1.165, 1.54) is 7.11 Å². The molecule has 2 unspecified atom stereocenters. The molecule has 35 heavy (non-hydrogen) atoms. The van der Waals surface area contributed by atoms with Crippen LogP contribution >= 0.6 is 0 Å². The van der Waals surface area contributed by atoms with Gasteiger partial charge in [0, 0.05) is 44.1 Å². The number of ether oxygens (including phenoxy) is 2. The van der Waals surface area contributed by atoms with Crippen LogP contribution < -0.4 is 4.74 Å². The summed E-state index contributed by atoms with van der Waals surface area (Å²) >= 11 is 0. The lowest BCUT2D eigenvalue weighted by Crippen LogP contribution is -2.54. The molecule has 1 aliphatic carbocycles. The van der Waals surface area contributed by atoms with Crippen LogP contribution in [0.1, 0.15) is 30.7 Å². The number of alkyl halides is 3. The Morgan fingerprint density at radius 3 is 2.20 bits per heavy atom. The van der Waals surface area contributed by atoms with Gasteiger partial charge in [0.1, 0.15) is 5.75 Å². The van der Waals surface area contributed by atoms with E-state index in [0.717, 1.165) is 10.5 Å². The first-order valence-corrected chi connectivity index (χ1v) is 11.7. The molecular weight excluding hydrogens is 461 g/mol. The van der Waals surface area contributed by atoms with Crippen molar-refractivity contribution in [3.8, 4) is 5.75 Å². The first-order valence-electron chi connectivity index (χ1n) is 11.7. The summed E-state index contributed by atoms with van der Waals surface area (Å²) in [4.78, 5) is 27.6. The summed E-state index contributed by atoms with van der Waals surface area (Å²) in [5.74, 6) is -1.51.